The van der Waals surface area contributed by atoms with Crippen LogP contribution in [0.4, 0.5) is 4.39 Å². The maximum Gasteiger partial charge on any atom is 0.322 e. The highest BCUT2D eigenvalue weighted by Crippen LogP contribution is 2.23. The van der Waals surface area contributed by atoms with Gasteiger partial charge in [-0.3, -0.25) is 0 Å². The van der Waals surface area contributed by atoms with Crippen molar-refractivity contribution in [3.8, 4) is 11.8 Å². The van der Waals surface area contributed by atoms with Crippen LogP contribution in [0.3, 0.4) is 0 Å². The Labute approximate surface area is 124 Å². The summed E-state index contributed by atoms with van der Waals surface area (Å²) in [5, 5.41) is 3.30. The lowest BCUT2D eigenvalue weighted by Gasteiger charge is -2.09. The molecule has 1 N–H and O–H groups in total. The Hall–Kier alpha value is -2.01. The van der Waals surface area contributed by atoms with Crippen molar-refractivity contribution in [2.45, 2.75) is 33.7 Å². The Morgan fingerprint density at radius 1 is 1.29 bits per heavy atom. The van der Waals surface area contributed by atoms with E-state index in [1.165, 1.54) is 6.07 Å². The first-order chi connectivity index (χ1) is 10.1. The average molecular weight is 289 g/mol. The SMILES string of the molecule is CCCNCc1cnc(Oc2cc(C)ccc2F)nc1C. The maximum atomic E-state index is 13.7. The topological polar surface area (TPSA) is 47.0 Å². The molecule has 112 valence electrons. The molecular formula is C16H20FN3O. The summed E-state index contributed by atoms with van der Waals surface area (Å²) in [5.41, 5.74) is 2.76. The molecule has 1 heterocycles. The number of benzene rings is 1. The van der Waals surface area contributed by atoms with Gasteiger partial charge in [0, 0.05) is 24.0 Å². The summed E-state index contributed by atoms with van der Waals surface area (Å²) < 4.78 is 19.1. The molecule has 2 rings (SSSR count). The fourth-order valence-electron chi connectivity index (χ4n) is 1.88. The van der Waals surface area contributed by atoms with Crippen molar-refractivity contribution in [3.05, 3.63) is 47.0 Å². The van der Waals surface area contributed by atoms with E-state index in [4.69, 9.17) is 4.74 Å². The third kappa shape index (κ3) is 4.23. The first-order valence-corrected chi connectivity index (χ1v) is 7.07. The van der Waals surface area contributed by atoms with Gasteiger partial charge >= 0.3 is 6.01 Å². The van der Waals surface area contributed by atoms with Crippen LogP contribution in [-0.4, -0.2) is 16.5 Å². The van der Waals surface area contributed by atoms with E-state index in [2.05, 4.69) is 22.2 Å². The number of aromatic nitrogens is 2. The van der Waals surface area contributed by atoms with Gasteiger partial charge in [0.2, 0.25) is 0 Å². The van der Waals surface area contributed by atoms with Crippen LogP contribution < -0.4 is 10.1 Å². The van der Waals surface area contributed by atoms with Crippen molar-refractivity contribution >= 4 is 0 Å². The van der Waals surface area contributed by atoms with Gasteiger partial charge in [-0.25, -0.2) is 9.37 Å². The van der Waals surface area contributed by atoms with E-state index < -0.39 is 5.82 Å². The van der Waals surface area contributed by atoms with Gasteiger partial charge in [0.15, 0.2) is 11.6 Å². The number of hydrogen-bond acceptors (Lipinski definition) is 4. The second-order valence-corrected chi connectivity index (χ2v) is 4.98. The van der Waals surface area contributed by atoms with Crippen molar-refractivity contribution in [1.29, 1.82) is 0 Å². The lowest BCUT2D eigenvalue weighted by Crippen LogP contribution is -2.15. The summed E-state index contributed by atoms with van der Waals surface area (Å²) in [6.45, 7) is 7.56. The highest BCUT2D eigenvalue weighted by molar-refractivity contribution is 5.31. The Kier molecular flexibility index (Phi) is 5.22. The molecule has 0 radical (unpaired) electrons. The molecule has 0 bridgehead atoms. The maximum absolute atomic E-state index is 13.7. The minimum absolute atomic E-state index is 0.145. The van der Waals surface area contributed by atoms with Crippen LogP contribution in [0.1, 0.15) is 30.2 Å². The Bertz CT molecular complexity index is 616. The summed E-state index contributed by atoms with van der Waals surface area (Å²) in [7, 11) is 0. The highest BCUT2D eigenvalue weighted by Gasteiger charge is 2.09. The van der Waals surface area contributed by atoms with Gasteiger partial charge in [-0.2, -0.15) is 4.98 Å². The van der Waals surface area contributed by atoms with Crippen molar-refractivity contribution < 1.29 is 9.13 Å². The molecule has 21 heavy (non-hydrogen) atoms. The number of aryl methyl sites for hydroxylation is 2. The summed E-state index contributed by atoms with van der Waals surface area (Å²) in [6.07, 6.45) is 2.79. The molecule has 0 spiro atoms. The van der Waals surface area contributed by atoms with Gasteiger partial charge in [-0.05, 0) is 44.5 Å². The zero-order valence-electron chi connectivity index (χ0n) is 12.6. The number of ether oxygens (including phenoxy) is 1. The van der Waals surface area contributed by atoms with E-state index in [0.29, 0.717) is 0 Å². The van der Waals surface area contributed by atoms with E-state index in [9.17, 15) is 4.39 Å². The van der Waals surface area contributed by atoms with E-state index in [1.807, 2.05) is 13.8 Å². The molecule has 0 saturated heterocycles. The number of hydrogen-bond donors (Lipinski definition) is 1. The largest absolute Gasteiger partial charge is 0.421 e. The monoisotopic (exact) mass is 289 g/mol. The van der Waals surface area contributed by atoms with Crippen LogP contribution >= 0.6 is 0 Å². The minimum Gasteiger partial charge on any atom is -0.421 e. The van der Waals surface area contributed by atoms with Crippen LogP contribution in [0.5, 0.6) is 11.8 Å². The predicted octanol–water partition coefficient (Wildman–Crippen LogP) is 3.52. The molecule has 2 aromatic rings. The molecule has 0 unspecified atom stereocenters. The first kappa shape index (κ1) is 15.4. The molecule has 0 aliphatic heterocycles. The second kappa shape index (κ2) is 7.13. The number of rotatable bonds is 6. The normalized spacial score (nSPS) is 10.7. The van der Waals surface area contributed by atoms with Gasteiger partial charge in [0.1, 0.15) is 0 Å². The molecule has 0 aliphatic rings. The number of halogens is 1. The van der Waals surface area contributed by atoms with E-state index in [1.54, 1.807) is 18.3 Å². The standard InChI is InChI=1S/C16H20FN3O/c1-4-7-18-9-13-10-19-16(20-12(13)3)21-15-8-11(2)5-6-14(15)17/h5-6,8,10,18H,4,7,9H2,1-3H3. The second-order valence-electron chi connectivity index (χ2n) is 4.98. The third-order valence-corrected chi connectivity index (χ3v) is 3.09. The quantitative estimate of drug-likeness (QED) is 0.826. The zero-order valence-corrected chi connectivity index (χ0v) is 12.6. The molecular weight excluding hydrogens is 269 g/mol. The fraction of sp³-hybridized carbons (Fsp3) is 0.375. The Morgan fingerprint density at radius 2 is 2.10 bits per heavy atom. The summed E-state index contributed by atoms with van der Waals surface area (Å²) >= 11 is 0. The van der Waals surface area contributed by atoms with E-state index in [-0.39, 0.29) is 11.8 Å². The molecule has 1 aromatic heterocycles. The van der Waals surface area contributed by atoms with Gasteiger partial charge in [-0.1, -0.05) is 13.0 Å². The lowest BCUT2D eigenvalue weighted by molar-refractivity contribution is 0.408. The zero-order chi connectivity index (χ0) is 15.2. The van der Waals surface area contributed by atoms with Gasteiger partial charge in [-0.15, -0.1) is 0 Å². The van der Waals surface area contributed by atoms with Gasteiger partial charge in [0.05, 0.1) is 0 Å². The van der Waals surface area contributed by atoms with Crippen LogP contribution in [0.2, 0.25) is 0 Å². The Balaban J connectivity index is 2.11. The predicted molar refractivity (Wildman–Crippen MR) is 80.0 cm³/mol. The molecule has 1 aromatic carbocycles. The summed E-state index contributed by atoms with van der Waals surface area (Å²) in [6, 6.07) is 4.86. The average Bonchev–Trinajstić information content (AvgIpc) is 2.45. The molecule has 0 aliphatic carbocycles. The molecule has 0 fully saturated rings. The van der Waals surface area contributed by atoms with Crippen molar-refractivity contribution in [3.63, 3.8) is 0 Å². The first-order valence-electron chi connectivity index (χ1n) is 7.07. The third-order valence-electron chi connectivity index (χ3n) is 3.09. The van der Waals surface area contributed by atoms with E-state index >= 15 is 0 Å². The van der Waals surface area contributed by atoms with Crippen molar-refractivity contribution in [2.75, 3.05) is 6.54 Å². The number of nitrogens with one attached hydrogen (secondary N) is 1. The number of nitrogens with zero attached hydrogens (tertiary/aromatic N) is 2. The molecule has 0 amide bonds. The van der Waals surface area contributed by atoms with Crippen molar-refractivity contribution in [2.24, 2.45) is 0 Å². The smallest absolute Gasteiger partial charge is 0.322 e. The van der Waals surface area contributed by atoms with Crippen LogP contribution in [0.15, 0.2) is 24.4 Å². The van der Waals surface area contributed by atoms with Gasteiger partial charge < -0.3 is 10.1 Å². The molecule has 5 heteroatoms. The fourth-order valence-corrected chi connectivity index (χ4v) is 1.88. The van der Waals surface area contributed by atoms with E-state index in [0.717, 1.165) is 36.3 Å². The molecule has 0 saturated carbocycles. The highest BCUT2D eigenvalue weighted by atomic mass is 19.1. The molecule has 4 nitrogen and oxygen atoms in total. The van der Waals surface area contributed by atoms with Crippen LogP contribution in [-0.2, 0) is 6.54 Å². The summed E-state index contributed by atoms with van der Waals surface area (Å²) in [4.78, 5) is 8.42. The summed E-state index contributed by atoms with van der Waals surface area (Å²) in [5.74, 6) is -0.276. The van der Waals surface area contributed by atoms with Gasteiger partial charge in [0.25, 0.3) is 0 Å². The van der Waals surface area contributed by atoms with Crippen molar-refractivity contribution in [1.82, 2.24) is 15.3 Å². The minimum atomic E-state index is -0.421. The Morgan fingerprint density at radius 3 is 2.81 bits per heavy atom. The van der Waals surface area contributed by atoms with Crippen LogP contribution in [0.25, 0.3) is 0 Å². The van der Waals surface area contributed by atoms with Crippen LogP contribution in [0, 0.1) is 19.7 Å². The lowest BCUT2D eigenvalue weighted by atomic mass is 10.2. The molecule has 0 atom stereocenters.